The number of fused-ring (bicyclic) bond motifs is 12. The van der Waals surface area contributed by atoms with E-state index < -0.39 is 0 Å². The molecular formula is C102H66BrCl2N3OS2. The van der Waals surface area contributed by atoms with E-state index in [0.29, 0.717) is 0 Å². The van der Waals surface area contributed by atoms with E-state index in [-0.39, 0.29) is 0 Å². The summed E-state index contributed by atoms with van der Waals surface area (Å²) in [6.07, 6.45) is 0. The van der Waals surface area contributed by atoms with Crippen LogP contribution < -0.4 is 14.7 Å². The molecular weight excluding hydrogens is 1500 g/mol. The van der Waals surface area contributed by atoms with Crippen molar-refractivity contribution < 1.29 is 4.42 Å². The first-order valence-electron chi connectivity index (χ1n) is 36.9. The maximum absolute atomic E-state index is 6.32. The summed E-state index contributed by atoms with van der Waals surface area (Å²) in [6.45, 7) is 0. The molecule has 18 aromatic carbocycles. The summed E-state index contributed by atoms with van der Waals surface area (Å²) >= 11 is 19.4. The van der Waals surface area contributed by atoms with Crippen LogP contribution in [0.4, 0.5) is 51.2 Å². The predicted octanol–water partition coefficient (Wildman–Crippen LogP) is 32.6. The Morgan fingerprint density at radius 1 is 0.225 bits per heavy atom. The van der Waals surface area contributed by atoms with Crippen molar-refractivity contribution in [1.82, 2.24) is 0 Å². The maximum atomic E-state index is 6.32. The van der Waals surface area contributed by atoms with Crippen LogP contribution in [0.2, 0.25) is 10.0 Å². The zero-order valence-corrected chi connectivity index (χ0v) is 64.5. The van der Waals surface area contributed by atoms with Gasteiger partial charge in [-0.25, -0.2) is 0 Å². The van der Waals surface area contributed by atoms with Crippen LogP contribution in [-0.4, -0.2) is 0 Å². The quantitative estimate of drug-likeness (QED) is 0.122. The van der Waals surface area contributed by atoms with Crippen molar-refractivity contribution in [3.63, 3.8) is 0 Å². The highest BCUT2D eigenvalue weighted by Gasteiger charge is 2.24. The molecule has 0 atom stereocenters. The number of hydrogen-bond donors (Lipinski definition) is 0. The molecule has 21 aromatic rings. The molecule has 0 saturated heterocycles. The fraction of sp³-hybridized carbons (Fsp3) is 0. The van der Waals surface area contributed by atoms with Crippen molar-refractivity contribution in [1.29, 1.82) is 0 Å². The lowest BCUT2D eigenvalue weighted by atomic mass is 9.96. The molecule has 0 N–H and O–H groups in total. The molecule has 111 heavy (non-hydrogen) atoms. The third-order valence-electron chi connectivity index (χ3n) is 20.8. The molecule has 528 valence electrons. The number of anilines is 9. The zero-order valence-electron chi connectivity index (χ0n) is 59.8. The summed E-state index contributed by atoms with van der Waals surface area (Å²) in [4.78, 5) is 7.11. The number of hydrogen-bond acceptors (Lipinski definition) is 6. The first-order valence-corrected chi connectivity index (χ1v) is 40.1. The molecule has 0 unspecified atom stereocenters. The Balaban J connectivity index is 0.000000129. The monoisotopic (exact) mass is 1560 g/mol. The van der Waals surface area contributed by atoms with Gasteiger partial charge in [0.05, 0.1) is 22.4 Å². The standard InChI is InChI=1S/C52H34N2OS.C34H22ClNS.C16H10BrCl/c1-3-14-36(15-4-1)53(47-22-13-24-49-52(47)44-21-9-11-23-48(44)55-49)38-28-26-35(27-29-38)40-31-32-46(42-19-8-7-18-41(40)42)54(37-16-5-2-6-17-37)39-30-33-51-45(34-39)43-20-10-12-25-50(43)56-51;35-24-16-14-23(15-17-24)27-19-20-32(29-11-5-4-10-28(27)29)36(25-8-2-1-3-9-25)26-18-21-34-31(22-26)30-12-6-7-13-33(30)37-34;17-16-10-9-13(11-5-7-12(18)8-6-11)14-3-1-2-4-15(14)16/h1-34H;1-22H;1-10H. The van der Waals surface area contributed by atoms with Gasteiger partial charge in [-0.05, 0) is 213 Å². The molecule has 3 heterocycles. The topological polar surface area (TPSA) is 22.9 Å². The minimum absolute atomic E-state index is 0.747. The smallest absolute Gasteiger partial charge is 0.137 e. The molecule has 0 spiro atoms. The van der Waals surface area contributed by atoms with Crippen LogP contribution in [0.25, 0.3) is 128 Å². The number of halogens is 3. The highest BCUT2D eigenvalue weighted by Crippen LogP contribution is 2.49. The van der Waals surface area contributed by atoms with Crippen molar-refractivity contribution in [2.24, 2.45) is 0 Å². The Labute approximate surface area is 669 Å². The van der Waals surface area contributed by atoms with Gasteiger partial charge in [-0.3, -0.25) is 0 Å². The highest BCUT2D eigenvalue weighted by atomic mass is 79.9. The van der Waals surface area contributed by atoms with Gasteiger partial charge in [0.15, 0.2) is 0 Å². The number of para-hydroxylation sites is 4. The average Bonchev–Trinajstić information content (AvgIpc) is 1.70. The van der Waals surface area contributed by atoms with Gasteiger partial charge in [-0.1, -0.05) is 282 Å². The van der Waals surface area contributed by atoms with Crippen molar-refractivity contribution in [2.75, 3.05) is 14.7 Å². The van der Waals surface area contributed by atoms with E-state index in [1.54, 1.807) is 0 Å². The van der Waals surface area contributed by atoms with E-state index >= 15 is 0 Å². The van der Waals surface area contributed by atoms with Gasteiger partial charge in [0.25, 0.3) is 0 Å². The van der Waals surface area contributed by atoms with Crippen molar-refractivity contribution in [3.8, 4) is 33.4 Å². The van der Waals surface area contributed by atoms with Crippen LogP contribution in [0, 0.1) is 0 Å². The molecule has 0 fully saturated rings. The van der Waals surface area contributed by atoms with Gasteiger partial charge in [0.2, 0.25) is 0 Å². The van der Waals surface area contributed by atoms with E-state index in [1.165, 1.54) is 94.9 Å². The van der Waals surface area contributed by atoms with E-state index in [0.717, 1.165) is 98.8 Å². The van der Waals surface area contributed by atoms with Crippen LogP contribution in [0.3, 0.4) is 0 Å². The molecule has 21 rings (SSSR count). The molecule has 0 amide bonds. The summed E-state index contributed by atoms with van der Waals surface area (Å²) in [5, 5.41) is 16.2. The summed E-state index contributed by atoms with van der Waals surface area (Å²) in [6, 6.07) is 142. The first-order chi connectivity index (χ1) is 54.8. The van der Waals surface area contributed by atoms with Gasteiger partial charge in [-0.2, -0.15) is 0 Å². The van der Waals surface area contributed by atoms with E-state index in [2.05, 4.69) is 395 Å². The summed E-state index contributed by atoms with van der Waals surface area (Å²) in [7, 11) is 0. The fourth-order valence-electron chi connectivity index (χ4n) is 15.7. The van der Waals surface area contributed by atoms with Crippen LogP contribution in [0.5, 0.6) is 0 Å². The molecule has 3 aromatic heterocycles. The molecule has 0 aliphatic carbocycles. The normalized spacial score (nSPS) is 11.4. The molecule has 9 heteroatoms. The van der Waals surface area contributed by atoms with Crippen LogP contribution >= 0.6 is 61.8 Å². The average molecular weight is 1560 g/mol. The lowest BCUT2D eigenvalue weighted by Gasteiger charge is -2.28. The lowest BCUT2D eigenvalue weighted by molar-refractivity contribution is 0.669. The Morgan fingerprint density at radius 2 is 0.559 bits per heavy atom. The number of thiophene rings is 2. The van der Waals surface area contributed by atoms with Crippen molar-refractivity contribution >= 4 is 208 Å². The number of furan rings is 1. The lowest BCUT2D eigenvalue weighted by Crippen LogP contribution is -2.10. The summed E-state index contributed by atoms with van der Waals surface area (Å²) in [5.41, 5.74) is 18.9. The minimum atomic E-state index is 0.747. The Kier molecular flexibility index (Phi) is 18.7. The summed E-state index contributed by atoms with van der Waals surface area (Å²) in [5.74, 6) is 0. The molecule has 4 nitrogen and oxygen atoms in total. The molecule has 0 radical (unpaired) electrons. The number of nitrogens with zero attached hydrogens (tertiary/aromatic N) is 3. The predicted molar refractivity (Wildman–Crippen MR) is 483 cm³/mol. The first kappa shape index (κ1) is 68.9. The van der Waals surface area contributed by atoms with Gasteiger partial charge < -0.3 is 19.1 Å². The van der Waals surface area contributed by atoms with E-state index in [1.807, 2.05) is 59.1 Å². The Morgan fingerprint density at radius 3 is 1.03 bits per heavy atom. The maximum Gasteiger partial charge on any atom is 0.137 e. The van der Waals surface area contributed by atoms with Gasteiger partial charge in [-0.15, -0.1) is 22.7 Å². The molecule has 0 saturated carbocycles. The fourth-order valence-corrected chi connectivity index (χ4v) is 18.6. The molecule has 0 aliphatic rings. The third-order valence-corrected chi connectivity index (χ3v) is 24.3. The van der Waals surface area contributed by atoms with Crippen LogP contribution in [0.15, 0.2) is 409 Å². The third kappa shape index (κ3) is 13.3. The minimum Gasteiger partial charge on any atom is -0.456 e. The zero-order chi connectivity index (χ0) is 74.3. The SMILES string of the molecule is Clc1ccc(-c2ccc(Br)c3ccccc23)cc1.Clc1ccc(-c2ccc(N(c3ccccc3)c3ccc4sc5ccccc5c4c3)c3ccccc23)cc1.c1ccc(N(c2ccc3sc4ccccc4c3c2)c2ccc(-c3ccc(N(c4ccccc4)c4cccc5oc6ccccc6c45)cc3)c3ccccc23)cc1. The molecule has 0 bridgehead atoms. The van der Waals surface area contributed by atoms with Gasteiger partial charge in [0, 0.05) is 105 Å². The van der Waals surface area contributed by atoms with Gasteiger partial charge >= 0.3 is 0 Å². The largest absolute Gasteiger partial charge is 0.456 e. The van der Waals surface area contributed by atoms with E-state index in [4.69, 9.17) is 27.6 Å². The number of rotatable bonds is 12. The Hall–Kier alpha value is -12.6. The highest BCUT2D eigenvalue weighted by molar-refractivity contribution is 9.10. The van der Waals surface area contributed by atoms with Crippen LogP contribution in [0.1, 0.15) is 0 Å². The second kappa shape index (κ2) is 30.1. The van der Waals surface area contributed by atoms with Crippen molar-refractivity contribution in [3.05, 3.63) is 415 Å². The second-order valence-electron chi connectivity index (χ2n) is 27.4. The number of benzene rings is 18. The van der Waals surface area contributed by atoms with E-state index in [9.17, 15) is 0 Å². The Bertz CT molecular complexity index is 7010. The molecule has 0 aliphatic heterocycles. The van der Waals surface area contributed by atoms with Crippen molar-refractivity contribution in [2.45, 2.75) is 0 Å². The second-order valence-corrected chi connectivity index (χ2v) is 31.3. The summed E-state index contributed by atoms with van der Waals surface area (Å²) < 4.78 is 12.7. The van der Waals surface area contributed by atoms with Gasteiger partial charge in [0.1, 0.15) is 11.2 Å². The van der Waals surface area contributed by atoms with Crippen LogP contribution in [-0.2, 0) is 0 Å².